The van der Waals surface area contributed by atoms with E-state index in [0.717, 1.165) is 16.7 Å². The first-order valence-electron chi connectivity index (χ1n) is 9.81. The minimum atomic E-state index is -0.797. The zero-order valence-electron chi connectivity index (χ0n) is 17.5. The third-order valence-electron chi connectivity index (χ3n) is 4.58. The normalized spacial score (nSPS) is 11.8. The number of aliphatic imine (C=N–C) groups is 1. The number of hydrogen-bond acceptors (Lipinski definition) is 4. The van der Waals surface area contributed by atoms with Gasteiger partial charge in [0.1, 0.15) is 0 Å². The number of carboxylic acids is 1. The summed E-state index contributed by atoms with van der Waals surface area (Å²) < 4.78 is 0. The van der Waals surface area contributed by atoms with Gasteiger partial charge in [-0.15, -0.1) is 0 Å². The Balaban J connectivity index is 2.40. The lowest BCUT2D eigenvalue weighted by Crippen LogP contribution is -2.40. The molecule has 0 saturated carbocycles. The Morgan fingerprint density at radius 2 is 2.10 bits per heavy atom. The Labute approximate surface area is 177 Å². The summed E-state index contributed by atoms with van der Waals surface area (Å²) in [5, 5.41) is 20.6. The molecule has 2 aromatic rings. The molecule has 0 fully saturated rings. The molecule has 0 aliphatic heterocycles. The Hall–Kier alpha value is -3.66. The van der Waals surface area contributed by atoms with Crippen LogP contribution in [0.3, 0.4) is 0 Å². The van der Waals surface area contributed by atoms with Crippen LogP contribution in [-0.2, 0) is 4.79 Å². The summed E-state index contributed by atoms with van der Waals surface area (Å²) in [6.07, 6.45) is 8.81. The third kappa shape index (κ3) is 6.74. The number of aromatic nitrogens is 1. The van der Waals surface area contributed by atoms with E-state index >= 15 is 0 Å². The van der Waals surface area contributed by atoms with Crippen LogP contribution in [0.1, 0.15) is 44.2 Å². The van der Waals surface area contributed by atoms with Crippen molar-refractivity contribution in [2.75, 3.05) is 7.05 Å². The van der Waals surface area contributed by atoms with Gasteiger partial charge in [-0.2, -0.15) is 5.26 Å². The molecule has 2 rings (SSSR count). The molecule has 0 unspecified atom stereocenters. The van der Waals surface area contributed by atoms with Gasteiger partial charge in [0, 0.05) is 37.5 Å². The molecule has 2 N–H and O–H groups in total. The van der Waals surface area contributed by atoms with Crippen LogP contribution in [0.2, 0.25) is 0 Å². The van der Waals surface area contributed by atoms with Gasteiger partial charge in [-0.1, -0.05) is 24.3 Å². The number of aliphatic carboxylic acids is 1. The molecule has 0 amide bonds. The van der Waals surface area contributed by atoms with Gasteiger partial charge in [0.05, 0.1) is 5.69 Å². The molecule has 1 heterocycles. The number of unbranched alkanes of at least 4 members (excludes halogenated alkanes) is 1. The molecule has 1 aromatic carbocycles. The summed E-state index contributed by atoms with van der Waals surface area (Å²) in [7, 11) is 1.88. The van der Waals surface area contributed by atoms with Gasteiger partial charge in [0.25, 0.3) is 0 Å². The van der Waals surface area contributed by atoms with E-state index in [1.165, 1.54) is 0 Å². The lowest BCUT2D eigenvalue weighted by Gasteiger charge is -2.23. The van der Waals surface area contributed by atoms with Crippen LogP contribution >= 0.6 is 0 Å². The average molecular weight is 406 g/mol. The van der Waals surface area contributed by atoms with Crippen molar-refractivity contribution in [3.63, 3.8) is 0 Å². The lowest BCUT2D eigenvalue weighted by atomic mass is 9.97. The number of nitrogens with zero attached hydrogens (tertiary/aromatic N) is 4. The van der Waals surface area contributed by atoms with Crippen molar-refractivity contribution in [2.45, 2.75) is 39.2 Å². The van der Waals surface area contributed by atoms with E-state index in [1.54, 1.807) is 12.4 Å². The van der Waals surface area contributed by atoms with E-state index < -0.39 is 5.97 Å². The van der Waals surface area contributed by atoms with Crippen LogP contribution in [0.25, 0.3) is 5.57 Å². The van der Waals surface area contributed by atoms with Crippen molar-refractivity contribution in [2.24, 2.45) is 4.99 Å². The summed E-state index contributed by atoms with van der Waals surface area (Å²) in [4.78, 5) is 21.5. The van der Waals surface area contributed by atoms with Crippen molar-refractivity contribution in [1.82, 2.24) is 15.2 Å². The first-order valence-corrected chi connectivity index (χ1v) is 9.81. The van der Waals surface area contributed by atoms with Crippen LogP contribution in [0.15, 0.2) is 59.9 Å². The highest BCUT2D eigenvalue weighted by Crippen LogP contribution is 2.27. The number of benzene rings is 1. The second-order valence-corrected chi connectivity index (χ2v) is 7.07. The number of allylic oxidation sites excluding steroid dienone is 1. The summed E-state index contributed by atoms with van der Waals surface area (Å²) in [6, 6.07) is 11.7. The van der Waals surface area contributed by atoms with E-state index in [2.05, 4.69) is 15.3 Å². The topological polar surface area (TPSA) is 102 Å². The Kier molecular flexibility index (Phi) is 8.57. The minimum Gasteiger partial charge on any atom is -0.481 e. The third-order valence-corrected chi connectivity index (χ3v) is 4.58. The molecule has 0 radical (unpaired) electrons. The molecule has 7 nitrogen and oxygen atoms in total. The smallest absolute Gasteiger partial charge is 0.303 e. The summed E-state index contributed by atoms with van der Waals surface area (Å²) in [6.45, 7) is 4.04. The van der Waals surface area contributed by atoms with E-state index in [9.17, 15) is 4.79 Å². The standard InChI is InChI=1S/C23H27N5O2/c1-17(2)28(3)23(26-16-24)27-20-10-6-8-18(14-20)21(11-4-5-12-22(29)30)19-9-7-13-25-15-19/h6-11,13-15,17H,4-5,12H2,1-3H3,(H,26,27)(H,29,30). The van der Waals surface area contributed by atoms with Gasteiger partial charge >= 0.3 is 5.97 Å². The number of nitrogens with one attached hydrogen (secondary N) is 1. The molecule has 0 aliphatic rings. The number of carboxylic acid groups (broad SMARTS) is 1. The maximum atomic E-state index is 10.8. The van der Waals surface area contributed by atoms with Gasteiger partial charge in [-0.25, -0.2) is 4.99 Å². The first-order chi connectivity index (χ1) is 14.4. The molecular formula is C23H27N5O2. The Bertz CT molecular complexity index is 946. The van der Waals surface area contributed by atoms with Gasteiger partial charge in [-0.05, 0) is 56.0 Å². The van der Waals surface area contributed by atoms with Crippen molar-refractivity contribution in [3.8, 4) is 6.19 Å². The number of hydrogen-bond donors (Lipinski definition) is 2. The van der Waals surface area contributed by atoms with Crippen molar-refractivity contribution in [3.05, 3.63) is 66.0 Å². The van der Waals surface area contributed by atoms with Gasteiger partial charge in [0.15, 0.2) is 6.19 Å². The quantitative estimate of drug-likeness (QED) is 0.225. The molecule has 156 valence electrons. The van der Waals surface area contributed by atoms with Crippen LogP contribution < -0.4 is 5.32 Å². The van der Waals surface area contributed by atoms with Crippen LogP contribution in [0.4, 0.5) is 5.69 Å². The van der Waals surface area contributed by atoms with Crippen molar-refractivity contribution < 1.29 is 9.90 Å². The van der Waals surface area contributed by atoms with Crippen LogP contribution in [0.5, 0.6) is 0 Å². The fourth-order valence-electron chi connectivity index (χ4n) is 2.78. The number of rotatable bonds is 8. The minimum absolute atomic E-state index is 0.131. The highest BCUT2D eigenvalue weighted by atomic mass is 16.4. The molecular weight excluding hydrogens is 378 g/mol. The molecule has 30 heavy (non-hydrogen) atoms. The second-order valence-electron chi connectivity index (χ2n) is 7.07. The zero-order valence-corrected chi connectivity index (χ0v) is 17.5. The van der Waals surface area contributed by atoms with E-state index in [1.807, 2.05) is 74.5 Å². The fraction of sp³-hybridized carbons (Fsp3) is 0.304. The fourth-order valence-corrected chi connectivity index (χ4v) is 2.78. The average Bonchev–Trinajstić information content (AvgIpc) is 2.73. The summed E-state index contributed by atoms with van der Waals surface area (Å²) in [5.41, 5.74) is 3.57. The molecule has 0 aliphatic carbocycles. The molecule has 7 heteroatoms. The zero-order chi connectivity index (χ0) is 21.9. The second kappa shape index (κ2) is 11.4. The number of carbonyl (C=O) groups is 1. The predicted octanol–water partition coefficient (Wildman–Crippen LogP) is 4.17. The van der Waals surface area contributed by atoms with E-state index in [-0.39, 0.29) is 12.5 Å². The molecule has 0 atom stereocenters. The molecule has 1 aromatic heterocycles. The number of pyridine rings is 1. The van der Waals surface area contributed by atoms with Crippen molar-refractivity contribution in [1.29, 1.82) is 5.26 Å². The van der Waals surface area contributed by atoms with Gasteiger partial charge in [-0.3, -0.25) is 15.1 Å². The highest BCUT2D eigenvalue weighted by molar-refractivity contribution is 5.85. The number of guanidine groups is 1. The van der Waals surface area contributed by atoms with Gasteiger partial charge in [0.2, 0.25) is 5.96 Å². The van der Waals surface area contributed by atoms with E-state index in [4.69, 9.17) is 10.4 Å². The lowest BCUT2D eigenvalue weighted by molar-refractivity contribution is -0.137. The Morgan fingerprint density at radius 1 is 1.33 bits per heavy atom. The van der Waals surface area contributed by atoms with E-state index in [0.29, 0.717) is 24.5 Å². The summed E-state index contributed by atoms with van der Waals surface area (Å²) in [5.74, 6) is -0.326. The monoisotopic (exact) mass is 405 g/mol. The number of nitriles is 1. The molecule has 0 saturated heterocycles. The highest BCUT2D eigenvalue weighted by Gasteiger charge is 2.11. The maximum absolute atomic E-state index is 10.8. The maximum Gasteiger partial charge on any atom is 0.303 e. The molecule has 0 bridgehead atoms. The first kappa shape index (κ1) is 22.6. The van der Waals surface area contributed by atoms with Crippen LogP contribution in [0, 0.1) is 11.5 Å². The predicted molar refractivity (Wildman–Crippen MR) is 118 cm³/mol. The van der Waals surface area contributed by atoms with Crippen molar-refractivity contribution >= 4 is 23.2 Å². The van der Waals surface area contributed by atoms with Gasteiger partial charge < -0.3 is 10.0 Å². The Morgan fingerprint density at radius 3 is 2.73 bits per heavy atom. The summed E-state index contributed by atoms with van der Waals surface area (Å²) >= 11 is 0. The SMILES string of the molecule is CC(C)N(C)C(=Nc1cccc(C(=CCCCC(=O)O)c2cccnc2)c1)NC#N. The molecule has 0 spiro atoms. The largest absolute Gasteiger partial charge is 0.481 e. The van der Waals surface area contributed by atoms with Crippen LogP contribution in [-0.4, -0.2) is 40.0 Å².